The number of methoxy groups -OCH3 is 1. The van der Waals surface area contributed by atoms with Crippen molar-refractivity contribution in [1.82, 2.24) is 4.57 Å². The summed E-state index contributed by atoms with van der Waals surface area (Å²) in [5.74, 6) is 0.878. The molecule has 0 aliphatic rings. The zero-order valence-corrected chi connectivity index (χ0v) is 14.2. The Morgan fingerprint density at radius 2 is 1.86 bits per heavy atom. The van der Waals surface area contributed by atoms with Gasteiger partial charge in [0, 0.05) is 6.07 Å². The molecule has 0 amide bonds. The minimum absolute atomic E-state index is 0.597. The first-order valence-corrected chi connectivity index (χ1v) is 8.36. The molecule has 2 rings (SSSR count). The fraction of sp³-hybridized carbons (Fsp3) is 0.611. The van der Waals surface area contributed by atoms with E-state index in [1.165, 1.54) is 37.6 Å². The standard InChI is InChI=1S/C18H29N2O2/c1-4-5-6-7-8-9-12-22-15-20-14-19(2)17-11-10-16(21-3)13-18(17)20/h10-11,13-14H,4-9,12,15H2,1-3H3/q+1. The number of rotatable bonds is 10. The van der Waals surface area contributed by atoms with Crippen LogP contribution in [0, 0.1) is 0 Å². The summed E-state index contributed by atoms with van der Waals surface area (Å²) in [5, 5.41) is 0. The van der Waals surface area contributed by atoms with Crippen molar-refractivity contribution in [3.8, 4) is 5.75 Å². The smallest absolute Gasteiger partial charge is 0.246 e. The molecule has 122 valence electrons. The molecule has 4 heteroatoms. The van der Waals surface area contributed by atoms with Gasteiger partial charge in [0.05, 0.1) is 20.8 Å². The summed E-state index contributed by atoms with van der Waals surface area (Å²) in [6.07, 6.45) is 9.84. The Kier molecular flexibility index (Phi) is 6.72. The van der Waals surface area contributed by atoms with E-state index in [-0.39, 0.29) is 0 Å². The Balaban J connectivity index is 1.81. The zero-order chi connectivity index (χ0) is 15.8. The fourth-order valence-corrected chi connectivity index (χ4v) is 2.74. The van der Waals surface area contributed by atoms with Crippen LogP contribution >= 0.6 is 0 Å². The van der Waals surface area contributed by atoms with Crippen LogP contribution < -0.4 is 9.30 Å². The molecule has 0 fully saturated rings. The van der Waals surface area contributed by atoms with Crippen molar-refractivity contribution in [3.05, 3.63) is 24.5 Å². The molecule has 0 saturated carbocycles. The number of unbranched alkanes of at least 4 members (excludes halogenated alkanes) is 5. The molecule has 0 spiro atoms. The first-order valence-electron chi connectivity index (χ1n) is 8.36. The van der Waals surface area contributed by atoms with E-state index in [2.05, 4.69) is 41.6 Å². The lowest BCUT2D eigenvalue weighted by atomic mass is 10.1. The molecular formula is C18H29N2O2+. The summed E-state index contributed by atoms with van der Waals surface area (Å²) in [5.41, 5.74) is 2.33. The number of benzene rings is 1. The number of fused-ring (bicyclic) bond motifs is 1. The molecule has 0 radical (unpaired) electrons. The minimum Gasteiger partial charge on any atom is -0.497 e. The molecule has 1 aromatic carbocycles. The second-order valence-electron chi connectivity index (χ2n) is 5.86. The quantitative estimate of drug-likeness (QED) is 0.493. The second-order valence-corrected chi connectivity index (χ2v) is 5.86. The number of hydrogen-bond acceptors (Lipinski definition) is 2. The van der Waals surface area contributed by atoms with Gasteiger partial charge in [-0.2, -0.15) is 0 Å². The van der Waals surface area contributed by atoms with E-state index in [1.807, 2.05) is 6.07 Å². The summed E-state index contributed by atoms with van der Waals surface area (Å²) in [6, 6.07) is 6.13. The summed E-state index contributed by atoms with van der Waals surface area (Å²) in [7, 11) is 3.75. The Morgan fingerprint density at radius 3 is 2.64 bits per heavy atom. The maximum Gasteiger partial charge on any atom is 0.246 e. The minimum atomic E-state index is 0.597. The van der Waals surface area contributed by atoms with E-state index in [0.717, 1.165) is 24.3 Å². The lowest BCUT2D eigenvalue weighted by molar-refractivity contribution is -0.646. The lowest BCUT2D eigenvalue weighted by Crippen LogP contribution is -2.25. The van der Waals surface area contributed by atoms with E-state index in [1.54, 1.807) is 7.11 Å². The Labute approximate surface area is 133 Å². The molecule has 0 unspecified atom stereocenters. The van der Waals surface area contributed by atoms with Crippen LogP contribution in [0.15, 0.2) is 24.5 Å². The van der Waals surface area contributed by atoms with Gasteiger partial charge in [0.2, 0.25) is 6.33 Å². The third-order valence-electron chi connectivity index (χ3n) is 4.06. The molecule has 1 aromatic heterocycles. The van der Waals surface area contributed by atoms with Crippen LogP contribution in [0.4, 0.5) is 0 Å². The van der Waals surface area contributed by atoms with E-state index >= 15 is 0 Å². The number of aryl methyl sites for hydroxylation is 1. The predicted octanol–water partition coefficient (Wildman–Crippen LogP) is 3.81. The summed E-state index contributed by atoms with van der Waals surface area (Å²) < 4.78 is 15.4. The molecule has 0 N–H and O–H groups in total. The normalized spacial score (nSPS) is 11.2. The zero-order valence-electron chi connectivity index (χ0n) is 14.2. The van der Waals surface area contributed by atoms with Crippen molar-refractivity contribution >= 4 is 11.0 Å². The molecule has 4 nitrogen and oxygen atoms in total. The first-order chi connectivity index (χ1) is 10.8. The molecule has 0 atom stereocenters. The lowest BCUT2D eigenvalue weighted by Gasteiger charge is -2.03. The van der Waals surface area contributed by atoms with Gasteiger partial charge >= 0.3 is 0 Å². The van der Waals surface area contributed by atoms with Gasteiger partial charge < -0.3 is 9.47 Å². The van der Waals surface area contributed by atoms with E-state index in [9.17, 15) is 0 Å². The third-order valence-corrected chi connectivity index (χ3v) is 4.06. The highest BCUT2D eigenvalue weighted by Gasteiger charge is 2.13. The van der Waals surface area contributed by atoms with Crippen LogP contribution in [0.25, 0.3) is 11.0 Å². The van der Waals surface area contributed by atoms with Gasteiger partial charge in [-0.05, 0) is 18.6 Å². The molecule has 1 heterocycles. The molecule has 0 aliphatic carbocycles. The highest BCUT2D eigenvalue weighted by atomic mass is 16.5. The third kappa shape index (κ3) is 4.47. The average molecular weight is 305 g/mol. The van der Waals surface area contributed by atoms with Crippen molar-refractivity contribution in [2.24, 2.45) is 7.05 Å². The number of hydrogen-bond donors (Lipinski definition) is 0. The van der Waals surface area contributed by atoms with Crippen molar-refractivity contribution in [1.29, 1.82) is 0 Å². The van der Waals surface area contributed by atoms with E-state index < -0.39 is 0 Å². The monoisotopic (exact) mass is 305 g/mol. The Hall–Kier alpha value is -1.55. The van der Waals surface area contributed by atoms with Gasteiger partial charge in [-0.15, -0.1) is 0 Å². The SMILES string of the molecule is CCCCCCCCOCn1c[n+](C)c2ccc(OC)cc21. The topological polar surface area (TPSA) is 27.3 Å². The summed E-state index contributed by atoms with van der Waals surface area (Å²) in [4.78, 5) is 0. The van der Waals surface area contributed by atoms with E-state index in [0.29, 0.717) is 6.73 Å². The van der Waals surface area contributed by atoms with Crippen molar-refractivity contribution in [3.63, 3.8) is 0 Å². The molecular weight excluding hydrogens is 276 g/mol. The number of imidazole rings is 1. The van der Waals surface area contributed by atoms with Gasteiger partial charge in [-0.1, -0.05) is 39.0 Å². The number of nitrogens with zero attached hydrogens (tertiary/aromatic N) is 2. The number of aromatic nitrogens is 2. The predicted molar refractivity (Wildman–Crippen MR) is 89.0 cm³/mol. The van der Waals surface area contributed by atoms with Gasteiger partial charge in [0.15, 0.2) is 17.8 Å². The largest absolute Gasteiger partial charge is 0.497 e. The van der Waals surface area contributed by atoms with Crippen molar-refractivity contribution in [2.75, 3.05) is 13.7 Å². The van der Waals surface area contributed by atoms with Crippen molar-refractivity contribution < 1.29 is 14.0 Å². The second kappa shape index (κ2) is 8.79. The van der Waals surface area contributed by atoms with E-state index in [4.69, 9.17) is 9.47 Å². The van der Waals surface area contributed by atoms with Crippen LogP contribution in [0.5, 0.6) is 5.75 Å². The highest BCUT2D eigenvalue weighted by molar-refractivity contribution is 5.73. The van der Waals surface area contributed by atoms with Crippen LogP contribution in [-0.2, 0) is 18.5 Å². The van der Waals surface area contributed by atoms with Crippen LogP contribution in [-0.4, -0.2) is 18.3 Å². The van der Waals surface area contributed by atoms with Gasteiger partial charge in [0.1, 0.15) is 5.75 Å². The molecule has 0 saturated heterocycles. The first kappa shape index (κ1) is 16.8. The summed E-state index contributed by atoms with van der Waals surface area (Å²) >= 11 is 0. The van der Waals surface area contributed by atoms with Gasteiger partial charge in [-0.25, -0.2) is 9.13 Å². The Bertz CT molecular complexity index is 578. The van der Waals surface area contributed by atoms with Crippen LogP contribution in [0.2, 0.25) is 0 Å². The molecule has 22 heavy (non-hydrogen) atoms. The van der Waals surface area contributed by atoms with Crippen LogP contribution in [0.3, 0.4) is 0 Å². The van der Waals surface area contributed by atoms with Gasteiger partial charge in [0.25, 0.3) is 0 Å². The molecule has 2 aromatic rings. The number of ether oxygens (including phenoxy) is 2. The van der Waals surface area contributed by atoms with Crippen LogP contribution in [0.1, 0.15) is 45.4 Å². The fourth-order valence-electron chi connectivity index (χ4n) is 2.74. The average Bonchev–Trinajstić information content (AvgIpc) is 2.85. The molecule has 0 bridgehead atoms. The molecule has 0 aliphatic heterocycles. The highest BCUT2D eigenvalue weighted by Crippen LogP contribution is 2.18. The maximum absolute atomic E-state index is 5.83. The van der Waals surface area contributed by atoms with Gasteiger partial charge in [-0.3, -0.25) is 0 Å². The Morgan fingerprint density at radius 1 is 1.09 bits per heavy atom. The summed E-state index contributed by atoms with van der Waals surface area (Å²) in [6.45, 7) is 3.68. The van der Waals surface area contributed by atoms with Crippen molar-refractivity contribution in [2.45, 2.75) is 52.2 Å². The maximum atomic E-state index is 5.83.